The molecule has 0 radical (unpaired) electrons. The van der Waals surface area contributed by atoms with Crippen molar-refractivity contribution in [2.75, 3.05) is 6.54 Å². The van der Waals surface area contributed by atoms with Gasteiger partial charge in [-0.15, -0.1) is 0 Å². The average molecular weight is 289 g/mol. The number of amidine groups is 1. The van der Waals surface area contributed by atoms with Gasteiger partial charge in [-0.05, 0) is 37.1 Å². The normalized spacial score (nSPS) is 26.2. The topological polar surface area (TPSA) is 70.6 Å². The third kappa shape index (κ3) is 2.85. The Labute approximate surface area is 121 Å². The number of hydrogen-bond donors (Lipinski definition) is 2. The molecule has 0 bridgehead atoms. The zero-order valence-electron chi connectivity index (χ0n) is 11.4. The van der Waals surface area contributed by atoms with Gasteiger partial charge in [-0.3, -0.25) is 9.59 Å². The molecule has 1 saturated heterocycles. The molecule has 0 aromatic heterocycles. The zero-order chi connectivity index (χ0) is 14.8. The van der Waals surface area contributed by atoms with E-state index in [9.17, 15) is 14.0 Å². The van der Waals surface area contributed by atoms with Crippen molar-refractivity contribution in [3.05, 3.63) is 35.6 Å². The third-order valence-corrected chi connectivity index (χ3v) is 3.81. The zero-order valence-corrected chi connectivity index (χ0v) is 11.4. The smallest absolute Gasteiger partial charge is 0.264 e. The SMILES string of the molecule is O=C1N=C(C2CCCCN2)NC(=O)C1c1cccc(F)c1. The molecule has 2 N–H and O–H groups in total. The van der Waals surface area contributed by atoms with E-state index in [1.54, 1.807) is 6.07 Å². The quantitative estimate of drug-likeness (QED) is 0.801. The van der Waals surface area contributed by atoms with Gasteiger partial charge >= 0.3 is 0 Å². The number of carbonyl (C=O) groups is 2. The lowest BCUT2D eigenvalue weighted by atomic mass is 9.94. The van der Waals surface area contributed by atoms with E-state index in [1.165, 1.54) is 18.2 Å². The second-order valence-electron chi connectivity index (χ2n) is 5.32. The summed E-state index contributed by atoms with van der Waals surface area (Å²) in [6.07, 6.45) is 2.96. The summed E-state index contributed by atoms with van der Waals surface area (Å²) < 4.78 is 13.3. The summed E-state index contributed by atoms with van der Waals surface area (Å²) in [4.78, 5) is 28.4. The number of benzene rings is 1. The fourth-order valence-corrected chi connectivity index (χ4v) is 2.75. The summed E-state index contributed by atoms with van der Waals surface area (Å²) in [7, 11) is 0. The predicted octanol–water partition coefficient (Wildman–Crippen LogP) is 1.11. The highest BCUT2D eigenvalue weighted by molar-refractivity contribution is 6.20. The van der Waals surface area contributed by atoms with Crippen molar-refractivity contribution in [1.29, 1.82) is 0 Å². The molecule has 3 rings (SSSR count). The van der Waals surface area contributed by atoms with Gasteiger partial charge in [0.25, 0.3) is 5.91 Å². The van der Waals surface area contributed by atoms with Crippen LogP contribution >= 0.6 is 0 Å². The lowest BCUT2D eigenvalue weighted by molar-refractivity contribution is -0.129. The Morgan fingerprint density at radius 1 is 1.24 bits per heavy atom. The van der Waals surface area contributed by atoms with Gasteiger partial charge in [0.1, 0.15) is 17.6 Å². The van der Waals surface area contributed by atoms with Crippen molar-refractivity contribution in [3.63, 3.8) is 0 Å². The number of rotatable bonds is 2. The number of halogens is 1. The first-order valence-electron chi connectivity index (χ1n) is 7.07. The van der Waals surface area contributed by atoms with Crippen LogP contribution in [-0.4, -0.2) is 30.2 Å². The molecule has 1 aromatic carbocycles. The summed E-state index contributed by atoms with van der Waals surface area (Å²) in [6, 6.07) is 5.43. The van der Waals surface area contributed by atoms with E-state index >= 15 is 0 Å². The molecule has 2 aliphatic heterocycles. The van der Waals surface area contributed by atoms with Crippen molar-refractivity contribution < 1.29 is 14.0 Å². The molecule has 21 heavy (non-hydrogen) atoms. The molecule has 2 atom stereocenters. The molecular weight excluding hydrogens is 273 g/mol. The lowest BCUT2D eigenvalue weighted by Crippen LogP contribution is -2.53. The predicted molar refractivity (Wildman–Crippen MR) is 75.4 cm³/mol. The monoisotopic (exact) mass is 289 g/mol. The molecule has 6 heteroatoms. The number of piperidine rings is 1. The molecule has 110 valence electrons. The molecule has 0 saturated carbocycles. The highest BCUT2D eigenvalue weighted by atomic mass is 19.1. The second-order valence-corrected chi connectivity index (χ2v) is 5.32. The minimum atomic E-state index is -1.06. The maximum atomic E-state index is 13.3. The Morgan fingerprint density at radius 3 is 2.76 bits per heavy atom. The first-order valence-corrected chi connectivity index (χ1v) is 7.07. The molecular formula is C15H16FN3O2. The summed E-state index contributed by atoms with van der Waals surface area (Å²) in [6.45, 7) is 0.848. The summed E-state index contributed by atoms with van der Waals surface area (Å²) in [5.74, 6) is -2.13. The van der Waals surface area contributed by atoms with Crippen molar-refractivity contribution >= 4 is 17.6 Å². The number of nitrogens with one attached hydrogen (secondary N) is 2. The standard InChI is InChI=1S/C15H16FN3O2/c16-10-5-3-4-9(8-10)12-14(20)18-13(19-15(12)21)11-6-1-2-7-17-11/h3-5,8,11-12,17H,1-2,6-7H2,(H,18,19,20,21). The van der Waals surface area contributed by atoms with Crippen LogP contribution in [0, 0.1) is 5.82 Å². The molecule has 1 aromatic rings. The van der Waals surface area contributed by atoms with Gasteiger partial charge in [0, 0.05) is 0 Å². The van der Waals surface area contributed by atoms with Crippen LogP contribution in [0.5, 0.6) is 0 Å². The fourth-order valence-electron chi connectivity index (χ4n) is 2.75. The highest BCUT2D eigenvalue weighted by Gasteiger charge is 2.35. The largest absolute Gasteiger partial charge is 0.312 e. The van der Waals surface area contributed by atoms with E-state index in [4.69, 9.17) is 0 Å². The maximum Gasteiger partial charge on any atom is 0.264 e. The van der Waals surface area contributed by atoms with Crippen molar-refractivity contribution in [2.45, 2.75) is 31.2 Å². The van der Waals surface area contributed by atoms with Gasteiger partial charge in [-0.1, -0.05) is 18.6 Å². The first kappa shape index (κ1) is 13.9. The molecule has 2 amide bonds. The fraction of sp³-hybridized carbons (Fsp3) is 0.400. The number of aliphatic imine (C=N–C) groups is 1. The van der Waals surface area contributed by atoms with Crippen molar-refractivity contribution in [2.24, 2.45) is 4.99 Å². The van der Waals surface area contributed by atoms with E-state index in [0.717, 1.165) is 25.8 Å². The molecule has 0 aliphatic carbocycles. The Bertz CT molecular complexity index is 609. The van der Waals surface area contributed by atoms with Gasteiger partial charge in [-0.25, -0.2) is 4.39 Å². The van der Waals surface area contributed by atoms with Crippen LogP contribution in [0.3, 0.4) is 0 Å². The van der Waals surface area contributed by atoms with Crippen LogP contribution < -0.4 is 10.6 Å². The van der Waals surface area contributed by atoms with E-state index in [2.05, 4.69) is 15.6 Å². The van der Waals surface area contributed by atoms with Gasteiger partial charge in [0.2, 0.25) is 5.91 Å². The van der Waals surface area contributed by atoms with Crippen LogP contribution in [0.1, 0.15) is 30.7 Å². The summed E-state index contributed by atoms with van der Waals surface area (Å²) >= 11 is 0. The summed E-state index contributed by atoms with van der Waals surface area (Å²) in [5, 5.41) is 5.93. The second kappa shape index (κ2) is 5.73. The van der Waals surface area contributed by atoms with Crippen LogP contribution in [0.25, 0.3) is 0 Å². The Hall–Kier alpha value is -2.08. The van der Waals surface area contributed by atoms with Crippen LogP contribution in [0.2, 0.25) is 0 Å². The van der Waals surface area contributed by atoms with Gasteiger partial charge < -0.3 is 10.6 Å². The third-order valence-electron chi connectivity index (χ3n) is 3.81. The summed E-state index contributed by atoms with van der Waals surface area (Å²) in [5.41, 5.74) is 0.330. The van der Waals surface area contributed by atoms with Gasteiger partial charge in [-0.2, -0.15) is 4.99 Å². The number of nitrogens with zero attached hydrogens (tertiary/aromatic N) is 1. The average Bonchev–Trinajstić information content (AvgIpc) is 2.47. The minimum Gasteiger partial charge on any atom is -0.312 e. The number of carbonyl (C=O) groups excluding carboxylic acids is 2. The molecule has 2 heterocycles. The molecule has 5 nitrogen and oxygen atoms in total. The van der Waals surface area contributed by atoms with Crippen molar-refractivity contribution in [1.82, 2.24) is 10.6 Å². The van der Waals surface area contributed by atoms with Gasteiger partial charge in [0.15, 0.2) is 0 Å². The molecule has 2 unspecified atom stereocenters. The van der Waals surface area contributed by atoms with Crippen molar-refractivity contribution in [3.8, 4) is 0 Å². The molecule has 0 spiro atoms. The van der Waals surface area contributed by atoms with Crippen LogP contribution in [-0.2, 0) is 9.59 Å². The van der Waals surface area contributed by atoms with E-state index < -0.39 is 23.5 Å². The van der Waals surface area contributed by atoms with E-state index in [0.29, 0.717) is 11.4 Å². The van der Waals surface area contributed by atoms with E-state index in [1.807, 2.05) is 0 Å². The molecule has 2 aliphatic rings. The van der Waals surface area contributed by atoms with Gasteiger partial charge in [0.05, 0.1) is 6.04 Å². The first-order chi connectivity index (χ1) is 10.1. The Morgan fingerprint density at radius 2 is 2.10 bits per heavy atom. The Kier molecular flexibility index (Phi) is 3.79. The van der Waals surface area contributed by atoms with Crippen LogP contribution in [0.15, 0.2) is 29.3 Å². The molecule has 1 fully saturated rings. The van der Waals surface area contributed by atoms with Crippen LogP contribution in [0.4, 0.5) is 4.39 Å². The maximum absolute atomic E-state index is 13.3. The lowest BCUT2D eigenvalue weighted by Gasteiger charge is -2.28. The highest BCUT2D eigenvalue weighted by Crippen LogP contribution is 2.22. The number of hydrogen-bond acceptors (Lipinski definition) is 3. The Balaban J connectivity index is 1.85. The van der Waals surface area contributed by atoms with E-state index in [-0.39, 0.29) is 6.04 Å². The minimum absolute atomic E-state index is 0.0832. The number of amides is 2.